The van der Waals surface area contributed by atoms with Crippen molar-refractivity contribution in [3.63, 3.8) is 0 Å². The van der Waals surface area contributed by atoms with E-state index in [-0.39, 0.29) is 24.9 Å². The normalized spacial score (nSPS) is 14.2. The first kappa shape index (κ1) is 22.3. The largest absolute Gasteiger partial charge is 0.481 e. The van der Waals surface area contributed by atoms with E-state index >= 15 is 0 Å². The van der Waals surface area contributed by atoms with Crippen molar-refractivity contribution >= 4 is 18.0 Å². The van der Waals surface area contributed by atoms with E-state index in [1.807, 2.05) is 36.4 Å². The van der Waals surface area contributed by atoms with Crippen LogP contribution in [-0.4, -0.2) is 53.2 Å². The standard InChI is InChI=1S/C24H28N2O5/c1-4-26(15(2)13-22(27)28)23(29)16(3)25-24(30)31-14-21-19-11-7-5-9-17(19)18-10-6-8-12-20(18)21/h5-12,15-16,21H,4,13-14H2,1-3H3,(H,25,30)(H,27,28). The van der Waals surface area contributed by atoms with E-state index in [2.05, 4.69) is 17.4 Å². The van der Waals surface area contributed by atoms with Crippen molar-refractivity contribution in [3.05, 3.63) is 59.7 Å². The number of carbonyl (C=O) groups is 3. The van der Waals surface area contributed by atoms with E-state index in [0.29, 0.717) is 6.54 Å². The first-order valence-electron chi connectivity index (χ1n) is 10.5. The molecular weight excluding hydrogens is 396 g/mol. The molecule has 2 aromatic carbocycles. The number of fused-ring (bicyclic) bond motifs is 3. The van der Waals surface area contributed by atoms with Crippen LogP contribution < -0.4 is 5.32 Å². The average Bonchev–Trinajstić information content (AvgIpc) is 3.06. The van der Waals surface area contributed by atoms with Gasteiger partial charge in [0.15, 0.2) is 0 Å². The highest BCUT2D eigenvalue weighted by molar-refractivity contribution is 5.86. The first-order valence-corrected chi connectivity index (χ1v) is 10.5. The lowest BCUT2D eigenvalue weighted by molar-refractivity contribution is -0.141. The number of carboxylic acid groups (broad SMARTS) is 1. The molecule has 1 aliphatic carbocycles. The summed E-state index contributed by atoms with van der Waals surface area (Å²) in [5, 5.41) is 11.6. The maximum Gasteiger partial charge on any atom is 0.407 e. The van der Waals surface area contributed by atoms with Gasteiger partial charge in [-0.1, -0.05) is 48.5 Å². The molecule has 164 valence electrons. The lowest BCUT2D eigenvalue weighted by Crippen LogP contribution is -2.50. The van der Waals surface area contributed by atoms with Crippen LogP contribution in [-0.2, 0) is 14.3 Å². The van der Waals surface area contributed by atoms with Crippen molar-refractivity contribution in [2.75, 3.05) is 13.2 Å². The number of amides is 2. The van der Waals surface area contributed by atoms with Crippen molar-refractivity contribution in [1.82, 2.24) is 10.2 Å². The number of hydrogen-bond donors (Lipinski definition) is 2. The predicted octanol–water partition coefficient (Wildman–Crippen LogP) is 3.63. The van der Waals surface area contributed by atoms with Crippen LogP contribution in [0.25, 0.3) is 11.1 Å². The fourth-order valence-electron chi connectivity index (χ4n) is 4.17. The SMILES string of the molecule is CCN(C(=O)C(C)NC(=O)OCC1c2ccccc2-c2ccccc21)C(C)CC(=O)O. The third kappa shape index (κ3) is 4.87. The average molecular weight is 424 g/mol. The summed E-state index contributed by atoms with van der Waals surface area (Å²) < 4.78 is 5.48. The predicted molar refractivity (Wildman–Crippen MR) is 117 cm³/mol. The highest BCUT2D eigenvalue weighted by atomic mass is 16.5. The van der Waals surface area contributed by atoms with Crippen LogP contribution >= 0.6 is 0 Å². The van der Waals surface area contributed by atoms with Gasteiger partial charge < -0.3 is 20.1 Å². The van der Waals surface area contributed by atoms with Gasteiger partial charge in [0.05, 0.1) is 6.42 Å². The molecule has 2 amide bonds. The summed E-state index contributed by atoms with van der Waals surface area (Å²) in [5.41, 5.74) is 4.50. The number of nitrogens with zero attached hydrogens (tertiary/aromatic N) is 1. The van der Waals surface area contributed by atoms with E-state index in [0.717, 1.165) is 22.3 Å². The molecule has 0 saturated heterocycles. The van der Waals surface area contributed by atoms with Crippen molar-refractivity contribution in [3.8, 4) is 11.1 Å². The highest BCUT2D eigenvalue weighted by Crippen LogP contribution is 2.44. The molecule has 7 nitrogen and oxygen atoms in total. The Balaban J connectivity index is 1.61. The number of carboxylic acids is 1. The summed E-state index contributed by atoms with van der Waals surface area (Å²) in [4.78, 5) is 37.5. The van der Waals surface area contributed by atoms with Crippen LogP contribution in [0.2, 0.25) is 0 Å². The van der Waals surface area contributed by atoms with E-state index in [4.69, 9.17) is 9.84 Å². The van der Waals surface area contributed by atoms with E-state index in [9.17, 15) is 14.4 Å². The molecule has 0 aromatic heterocycles. The van der Waals surface area contributed by atoms with Gasteiger partial charge in [-0.05, 0) is 43.0 Å². The summed E-state index contributed by atoms with van der Waals surface area (Å²) in [6.07, 6.45) is -0.832. The number of rotatable bonds is 8. The summed E-state index contributed by atoms with van der Waals surface area (Å²) >= 11 is 0. The highest BCUT2D eigenvalue weighted by Gasteiger charge is 2.30. The van der Waals surface area contributed by atoms with Crippen LogP contribution in [0.5, 0.6) is 0 Å². The zero-order chi connectivity index (χ0) is 22.5. The van der Waals surface area contributed by atoms with Crippen molar-refractivity contribution in [2.45, 2.75) is 45.2 Å². The number of ether oxygens (including phenoxy) is 1. The van der Waals surface area contributed by atoms with Gasteiger partial charge in [0.1, 0.15) is 12.6 Å². The molecule has 2 unspecified atom stereocenters. The molecule has 7 heteroatoms. The molecule has 1 aliphatic rings. The second kappa shape index (κ2) is 9.64. The Morgan fingerprint density at radius 1 is 1.03 bits per heavy atom. The monoisotopic (exact) mass is 424 g/mol. The molecule has 2 aromatic rings. The van der Waals surface area contributed by atoms with Gasteiger partial charge >= 0.3 is 12.1 Å². The first-order chi connectivity index (χ1) is 14.8. The van der Waals surface area contributed by atoms with Crippen LogP contribution in [0, 0.1) is 0 Å². The lowest BCUT2D eigenvalue weighted by Gasteiger charge is -2.29. The number of benzene rings is 2. The van der Waals surface area contributed by atoms with Crippen LogP contribution in [0.4, 0.5) is 4.79 Å². The third-order valence-corrected chi connectivity index (χ3v) is 5.67. The van der Waals surface area contributed by atoms with Gasteiger partial charge in [-0.25, -0.2) is 4.79 Å². The fraction of sp³-hybridized carbons (Fsp3) is 0.375. The summed E-state index contributed by atoms with van der Waals surface area (Å²) in [6.45, 7) is 5.53. The van der Waals surface area contributed by atoms with Crippen LogP contribution in [0.3, 0.4) is 0 Å². The zero-order valence-corrected chi connectivity index (χ0v) is 18.0. The second-order valence-electron chi connectivity index (χ2n) is 7.76. The Morgan fingerprint density at radius 3 is 2.10 bits per heavy atom. The minimum absolute atomic E-state index is 0.0631. The van der Waals surface area contributed by atoms with Crippen molar-refractivity contribution in [2.24, 2.45) is 0 Å². The van der Waals surface area contributed by atoms with Crippen molar-refractivity contribution in [1.29, 1.82) is 0 Å². The Hall–Kier alpha value is -3.35. The number of carbonyl (C=O) groups excluding carboxylic acids is 2. The summed E-state index contributed by atoms with van der Waals surface area (Å²) in [7, 11) is 0. The quantitative estimate of drug-likeness (QED) is 0.675. The topological polar surface area (TPSA) is 95.9 Å². The lowest BCUT2D eigenvalue weighted by atomic mass is 9.98. The fourth-order valence-corrected chi connectivity index (χ4v) is 4.17. The van der Waals surface area contributed by atoms with E-state index in [1.54, 1.807) is 20.8 Å². The molecule has 0 heterocycles. The Bertz CT molecular complexity index is 928. The minimum atomic E-state index is -0.976. The van der Waals surface area contributed by atoms with Gasteiger partial charge in [0.2, 0.25) is 5.91 Å². The maximum atomic E-state index is 12.7. The third-order valence-electron chi connectivity index (χ3n) is 5.67. The van der Waals surface area contributed by atoms with E-state index in [1.165, 1.54) is 4.90 Å². The molecule has 0 radical (unpaired) electrons. The molecule has 0 fully saturated rings. The molecule has 0 spiro atoms. The number of nitrogens with one attached hydrogen (secondary N) is 1. The number of aliphatic carboxylic acids is 1. The Kier molecular flexibility index (Phi) is 6.95. The number of alkyl carbamates (subject to hydrolysis) is 1. The van der Waals surface area contributed by atoms with Gasteiger partial charge in [-0.15, -0.1) is 0 Å². The second-order valence-corrected chi connectivity index (χ2v) is 7.76. The molecule has 3 rings (SSSR count). The summed E-state index contributed by atoms with van der Waals surface area (Å²) in [6, 6.07) is 14.8. The molecule has 0 bridgehead atoms. The smallest absolute Gasteiger partial charge is 0.407 e. The van der Waals surface area contributed by atoms with Gasteiger partial charge in [0, 0.05) is 18.5 Å². The maximum absolute atomic E-state index is 12.7. The molecule has 0 aliphatic heterocycles. The Labute approximate surface area is 182 Å². The molecule has 0 saturated carbocycles. The van der Waals surface area contributed by atoms with Crippen LogP contribution in [0.15, 0.2) is 48.5 Å². The van der Waals surface area contributed by atoms with Gasteiger partial charge in [0.25, 0.3) is 0 Å². The van der Waals surface area contributed by atoms with Gasteiger partial charge in [-0.3, -0.25) is 9.59 Å². The number of hydrogen-bond acceptors (Lipinski definition) is 4. The minimum Gasteiger partial charge on any atom is -0.481 e. The number of likely N-dealkylation sites (N-methyl/N-ethyl adjacent to an activating group) is 1. The Morgan fingerprint density at radius 2 is 1.58 bits per heavy atom. The molecular formula is C24H28N2O5. The summed E-state index contributed by atoms with van der Waals surface area (Å²) in [5.74, 6) is -1.38. The van der Waals surface area contributed by atoms with Gasteiger partial charge in [-0.2, -0.15) is 0 Å². The zero-order valence-electron chi connectivity index (χ0n) is 18.0. The molecule has 2 N–H and O–H groups in total. The molecule has 31 heavy (non-hydrogen) atoms. The van der Waals surface area contributed by atoms with Crippen molar-refractivity contribution < 1.29 is 24.2 Å². The van der Waals surface area contributed by atoms with E-state index < -0.39 is 24.1 Å². The van der Waals surface area contributed by atoms with Crippen LogP contribution in [0.1, 0.15) is 44.2 Å². The molecule has 2 atom stereocenters.